The van der Waals surface area contributed by atoms with E-state index in [-0.39, 0.29) is 11.8 Å². The van der Waals surface area contributed by atoms with Crippen molar-refractivity contribution in [2.45, 2.75) is 26.7 Å². The Morgan fingerprint density at radius 3 is 2.35 bits per heavy atom. The fraction of sp³-hybridized carbons (Fsp3) is 0.250. The van der Waals surface area contributed by atoms with Crippen molar-refractivity contribution in [1.82, 2.24) is 5.43 Å². The van der Waals surface area contributed by atoms with Crippen molar-refractivity contribution in [2.75, 3.05) is 11.9 Å². The van der Waals surface area contributed by atoms with Crippen molar-refractivity contribution in [3.05, 3.63) is 59.7 Å². The second kappa shape index (κ2) is 9.98. The van der Waals surface area contributed by atoms with Gasteiger partial charge in [-0.25, -0.2) is 5.43 Å². The largest absolute Gasteiger partial charge is 0.494 e. The molecule has 2 aromatic rings. The summed E-state index contributed by atoms with van der Waals surface area (Å²) in [6.07, 6.45) is 2.83. The molecule has 0 fully saturated rings. The Labute approximate surface area is 153 Å². The molecule has 6 nitrogen and oxygen atoms in total. The Morgan fingerprint density at radius 1 is 1.04 bits per heavy atom. The normalized spacial score (nSPS) is 10.5. The number of hydrazone groups is 1. The molecular formula is C20H23N3O3. The van der Waals surface area contributed by atoms with Crippen LogP contribution in [-0.2, 0) is 4.79 Å². The predicted octanol–water partition coefficient (Wildman–Crippen LogP) is 3.59. The Hall–Kier alpha value is -3.15. The van der Waals surface area contributed by atoms with Gasteiger partial charge in [0.2, 0.25) is 5.91 Å². The second-order valence-corrected chi connectivity index (χ2v) is 5.58. The number of hydrogen-bond acceptors (Lipinski definition) is 4. The zero-order valence-electron chi connectivity index (χ0n) is 15.0. The molecule has 0 aromatic heterocycles. The molecule has 2 aromatic carbocycles. The van der Waals surface area contributed by atoms with Crippen molar-refractivity contribution < 1.29 is 14.3 Å². The molecule has 0 saturated carbocycles. The van der Waals surface area contributed by atoms with E-state index in [0.717, 1.165) is 17.7 Å². The van der Waals surface area contributed by atoms with E-state index in [1.54, 1.807) is 30.5 Å². The van der Waals surface area contributed by atoms with Gasteiger partial charge in [0.15, 0.2) is 0 Å². The molecule has 0 unspecified atom stereocenters. The van der Waals surface area contributed by atoms with Gasteiger partial charge in [-0.1, -0.05) is 6.92 Å². The first kappa shape index (κ1) is 19.2. The number of carbonyl (C=O) groups excluding carboxylic acids is 2. The molecule has 26 heavy (non-hydrogen) atoms. The maximum absolute atomic E-state index is 12.1. The third-order valence-electron chi connectivity index (χ3n) is 3.48. The molecule has 0 heterocycles. The number of carbonyl (C=O) groups is 2. The molecule has 0 radical (unpaired) electrons. The lowest BCUT2D eigenvalue weighted by molar-refractivity contribution is -0.116. The van der Waals surface area contributed by atoms with E-state index < -0.39 is 0 Å². The minimum Gasteiger partial charge on any atom is -0.494 e. The SMILES string of the molecule is CCCC(=O)Nc1ccc(C(=O)NN=Cc2ccc(OCC)cc2)cc1. The summed E-state index contributed by atoms with van der Waals surface area (Å²) in [5, 5.41) is 6.73. The average Bonchev–Trinajstić information content (AvgIpc) is 2.64. The van der Waals surface area contributed by atoms with Gasteiger partial charge in [0.05, 0.1) is 12.8 Å². The van der Waals surface area contributed by atoms with Crippen LogP contribution in [0.5, 0.6) is 5.75 Å². The molecule has 0 aliphatic rings. The highest BCUT2D eigenvalue weighted by atomic mass is 16.5. The van der Waals surface area contributed by atoms with E-state index in [4.69, 9.17) is 4.74 Å². The molecule has 2 N–H and O–H groups in total. The zero-order chi connectivity index (χ0) is 18.8. The molecular weight excluding hydrogens is 330 g/mol. The topological polar surface area (TPSA) is 79.8 Å². The number of nitrogens with one attached hydrogen (secondary N) is 2. The molecule has 0 aliphatic heterocycles. The second-order valence-electron chi connectivity index (χ2n) is 5.58. The van der Waals surface area contributed by atoms with Crippen LogP contribution >= 0.6 is 0 Å². The summed E-state index contributed by atoms with van der Waals surface area (Å²) in [6.45, 7) is 4.49. The molecule has 0 saturated heterocycles. The highest BCUT2D eigenvalue weighted by Crippen LogP contribution is 2.11. The minimum atomic E-state index is -0.321. The fourth-order valence-corrected chi connectivity index (χ4v) is 2.20. The van der Waals surface area contributed by atoms with Crippen LogP contribution in [0.2, 0.25) is 0 Å². The predicted molar refractivity (Wildman–Crippen MR) is 103 cm³/mol. The third-order valence-corrected chi connectivity index (χ3v) is 3.48. The van der Waals surface area contributed by atoms with Gasteiger partial charge in [0.1, 0.15) is 5.75 Å². The zero-order valence-corrected chi connectivity index (χ0v) is 15.0. The number of rotatable bonds is 8. The van der Waals surface area contributed by atoms with Gasteiger partial charge < -0.3 is 10.1 Å². The maximum Gasteiger partial charge on any atom is 0.271 e. The van der Waals surface area contributed by atoms with Gasteiger partial charge >= 0.3 is 0 Å². The standard InChI is InChI=1S/C20H23N3O3/c1-3-5-19(24)22-17-10-8-16(9-11-17)20(25)23-21-14-15-6-12-18(13-7-15)26-4-2/h6-14H,3-5H2,1-2H3,(H,22,24)(H,23,25). The minimum absolute atomic E-state index is 0.0374. The lowest BCUT2D eigenvalue weighted by atomic mass is 10.2. The summed E-state index contributed by atoms with van der Waals surface area (Å²) < 4.78 is 5.37. The van der Waals surface area contributed by atoms with Crippen molar-refractivity contribution in [3.63, 3.8) is 0 Å². The first-order chi connectivity index (χ1) is 12.6. The smallest absolute Gasteiger partial charge is 0.271 e. The van der Waals surface area contributed by atoms with Crippen molar-refractivity contribution in [1.29, 1.82) is 0 Å². The van der Waals surface area contributed by atoms with Crippen LogP contribution in [-0.4, -0.2) is 24.6 Å². The fourth-order valence-electron chi connectivity index (χ4n) is 2.20. The summed E-state index contributed by atoms with van der Waals surface area (Å²) in [4.78, 5) is 23.6. The van der Waals surface area contributed by atoms with E-state index in [9.17, 15) is 9.59 Å². The summed E-state index contributed by atoms with van der Waals surface area (Å²) in [5.74, 6) is 0.433. The quantitative estimate of drug-likeness (QED) is 0.562. The van der Waals surface area contributed by atoms with Crippen molar-refractivity contribution in [3.8, 4) is 5.75 Å². The number of amides is 2. The van der Waals surface area contributed by atoms with E-state index in [0.29, 0.717) is 24.3 Å². The van der Waals surface area contributed by atoms with Gasteiger partial charge in [-0.05, 0) is 67.4 Å². The number of hydrogen-bond donors (Lipinski definition) is 2. The summed E-state index contributed by atoms with van der Waals surface area (Å²) in [6, 6.07) is 14.1. The Kier molecular flexibility index (Phi) is 7.36. The van der Waals surface area contributed by atoms with Crippen LogP contribution in [0.3, 0.4) is 0 Å². The number of anilines is 1. The summed E-state index contributed by atoms with van der Waals surface area (Å²) in [7, 11) is 0. The van der Waals surface area contributed by atoms with Crippen molar-refractivity contribution in [2.24, 2.45) is 5.10 Å². The summed E-state index contributed by atoms with van der Waals surface area (Å²) >= 11 is 0. The molecule has 0 spiro atoms. The van der Waals surface area contributed by atoms with E-state index in [1.807, 2.05) is 38.1 Å². The van der Waals surface area contributed by atoms with Crippen molar-refractivity contribution >= 4 is 23.7 Å². The van der Waals surface area contributed by atoms with Crippen LogP contribution in [0.4, 0.5) is 5.69 Å². The van der Waals surface area contributed by atoms with Crippen LogP contribution in [0.25, 0.3) is 0 Å². The highest BCUT2D eigenvalue weighted by molar-refractivity contribution is 5.96. The molecule has 0 aliphatic carbocycles. The van der Waals surface area contributed by atoms with Crippen LogP contribution in [0, 0.1) is 0 Å². The summed E-state index contributed by atoms with van der Waals surface area (Å²) in [5.41, 5.74) is 4.45. The van der Waals surface area contributed by atoms with E-state index in [1.165, 1.54) is 0 Å². The average molecular weight is 353 g/mol. The third kappa shape index (κ3) is 6.05. The molecule has 2 amide bonds. The lowest BCUT2D eigenvalue weighted by Crippen LogP contribution is -2.17. The number of benzene rings is 2. The van der Waals surface area contributed by atoms with Gasteiger partial charge in [-0.15, -0.1) is 0 Å². The van der Waals surface area contributed by atoms with E-state index in [2.05, 4.69) is 15.8 Å². The van der Waals surface area contributed by atoms with Gasteiger partial charge in [-0.3, -0.25) is 9.59 Å². The first-order valence-corrected chi connectivity index (χ1v) is 8.58. The van der Waals surface area contributed by atoms with Gasteiger partial charge in [-0.2, -0.15) is 5.10 Å². The van der Waals surface area contributed by atoms with Crippen LogP contribution in [0.1, 0.15) is 42.6 Å². The maximum atomic E-state index is 12.1. The van der Waals surface area contributed by atoms with Gasteiger partial charge in [0, 0.05) is 17.7 Å². The number of ether oxygens (including phenoxy) is 1. The molecule has 0 atom stereocenters. The Morgan fingerprint density at radius 2 is 1.73 bits per heavy atom. The van der Waals surface area contributed by atoms with E-state index >= 15 is 0 Å². The molecule has 2 rings (SSSR count). The van der Waals surface area contributed by atoms with Crippen LogP contribution in [0.15, 0.2) is 53.6 Å². The first-order valence-electron chi connectivity index (χ1n) is 8.58. The number of nitrogens with zero attached hydrogens (tertiary/aromatic N) is 1. The van der Waals surface area contributed by atoms with Gasteiger partial charge in [0.25, 0.3) is 5.91 Å². The Bertz CT molecular complexity index is 753. The molecule has 0 bridgehead atoms. The monoisotopic (exact) mass is 353 g/mol. The molecule has 136 valence electrons. The highest BCUT2D eigenvalue weighted by Gasteiger charge is 2.05. The molecule has 6 heteroatoms. The lowest BCUT2D eigenvalue weighted by Gasteiger charge is -2.05. The van der Waals surface area contributed by atoms with Crippen LogP contribution < -0.4 is 15.5 Å². The Balaban J connectivity index is 1.87.